The van der Waals surface area contributed by atoms with E-state index in [0.29, 0.717) is 25.7 Å². The highest BCUT2D eigenvalue weighted by molar-refractivity contribution is 5.82. The number of carbonyl (C=O) groups is 1. The molecule has 0 spiro atoms. The van der Waals surface area contributed by atoms with Gasteiger partial charge in [0.05, 0.1) is 33.0 Å². The van der Waals surface area contributed by atoms with Gasteiger partial charge in [0.15, 0.2) is 0 Å². The summed E-state index contributed by atoms with van der Waals surface area (Å²) in [6.45, 7) is 9.41. The number of ether oxygens (including phenoxy) is 3. The first-order valence-corrected chi connectivity index (χ1v) is 7.48. The van der Waals surface area contributed by atoms with Crippen LogP contribution in [0.1, 0.15) is 40.5 Å². The van der Waals surface area contributed by atoms with Crippen LogP contribution in [0.25, 0.3) is 0 Å². The molecule has 1 aliphatic rings. The molecule has 0 radical (unpaired) electrons. The van der Waals surface area contributed by atoms with Gasteiger partial charge in [-0.25, -0.2) is 4.79 Å². The first-order valence-electron chi connectivity index (χ1n) is 7.48. The topological polar surface area (TPSA) is 56.8 Å². The minimum Gasteiger partial charge on any atom is -0.468 e. The molecule has 0 aromatic rings. The molecule has 1 aliphatic carbocycles. The second kappa shape index (κ2) is 7.96. The number of esters is 1. The van der Waals surface area contributed by atoms with Crippen LogP contribution in [-0.4, -0.2) is 50.6 Å². The number of hydrogen-bond donors (Lipinski definition) is 1. The van der Waals surface area contributed by atoms with Crippen LogP contribution >= 0.6 is 0 Å². The molecule has 0 aromatic heterocycles. The van der Waals surface area contributed by atoms with Gasteiger partial charge >= 0.3 is 5.97 Å². The Hall–Kier alpha value is -0.650. The Morgan fingerprint density at radius 3 is 2.35 bits per heavy atom. The molecule has 0 aromatic carbocycles. The second-order valence-corrected chi connectivity index (χ2v) is 6.01. The predicted molar refractivity (Wildman–Crippen MR) is 77.6 cm³/mol. The second-order valence-electron chi connectivity index (χ2n) is 6.01. The van der Waals surface area contributed by atoms with Gasteiger partial charge in [-0.2, -0.15) is 0 Å². The molecule has 0 amide bonds. The molecule has 0 heterocycles. The number of carbonyl (C=O) groups excluding carboxylic acids is 1. The number of rotatable bonds is 10. The van der Waals surface area contributed by atoms with Crippen molar-refractivity contribution in [2.45, 2.75) is 58.2 Å². The van der Waals surface area contributed by atoms with Crippen molar-refractivity contribution in [1.29, 1.82) is 0 Å². The molecule has 20 heavy (non-hydrogen) atoms. The van der Waals surface area contributed by atoms with Crippen LogP contribution < -0.4 is 5.32 Å². The minimum atomic E-state index is -0.708. The highest BCUT2D eigenvalue weighted by atomic mass is 16.5. The fourth-order valence-corrected chi connectivity index (χ4v) is 2.41. The third-order valence-corrected chi connectivity index (χ3v) is 3.38. The molecule has 1 unspecified atom stereocenters. The average Bonchev–Trinajstić information content (AvgIpc) is 3.19. The van der Waals surface area contributed by atoms with Gasteiger partial charge in [0, 0.05) is 6.04 Å². The van der Waals surface area contributed by atoms with E-state index in [-0.39, 0.29) is 18.1 Å². The molecule has 1 saturated carbocycles. The lowest BCUT2D eigenvalue weighted by Gasteiger charge is -2.34. The summed E-state index contributed by atoms with van der Waals surface area (Å²) in [5.74, 6) is 0.0850. The van der Waals surface area contributed by atoms with Crippen LogP contribution in [-0.2, 0) is 19.0 Å². The van der Waals surface area contributed by atoms with Gasteiger partial charge in [-0.1, -0.05) is 0 Å². The summed E-state index contributed by atoms with van der Waals surface area (Å²) in [6, 6.07) is 0.199. The summed E-state index contributed by atoms with van der Waals surface area (Å²) >= 11 is 0. The average molecular weight is 287 g/mol. The molecule has 0 saturated heterocycles. The highest BCUT2D eigenvalue weighted by Gasteiger charge is 2.52. The van der Waals surface area contributed by atoms with Gasteiger partial charge in [0.2, 0.25) is 0 Å². The molecule has 5 heteroatoms. The van der Waals surface area contributed by atoms with Gasteiger partial charge in [0.25, 0.3) is 0 Å². The van der Waals surface area contributed by atoms with Gasteiger partial charge < -0.3 is 14.2 Å². The maximum absolute atomic E-state index is 12.2. The third-order valence-electron chi connectivity index (χ3n) is 3.38. The Bertz CT molecular complexity index is 302. The van der Waals surface area contributed by atoms with Crippen LogP contribution in [0.4, 0.5) is 0 Å². The normalized spacial score (nSPS) is 18.4. The lowest BCUT2D eigenvalue weighted by atomic mass is 9.93. The zero-order valence-corrected chi connectivity index (χ0v) is 13.4. The van der Waals surface area contributed by atoms with E-state index in [1.54, 1.807) is 0 Å². The van der Waals surface area contributed by atoms with Crippen molar-refractivity contribution < 1.29 is 19.0 Å². The summed E-state index contributed by atoms with van der Waals surface area (Å²) in [4.78, 5) is 12.2. The van der Waals surface area contributed by atoms with Gasteiger partial charge in [0.1, 0.15) is 5.54 Å². The molecule has 1 rings (SSSR count). The van der Waals surface area contributed by atoms with Gasteiger partial charge in [-0.05, 0) is 46.5 Å². The van der Waals surface area contributed by atoms with E-state index < -0.39 is 5.54 Å². The molecule has 0 aliphatic heterocycles. The monoisotopic (exact) mass is 287 g/mol. The summed E-state index contributed by atoms with van der Waals surface area (Å²) < 4.78 is 16.1. The Morgan fingerprint density at radius 2 is 1.90 bits per heavy atom. The van der Waals surface area contributed by atoms with Crippen LogP contribution in [0, 0.1) is 5.92 Å². The fourth-order valence-electron chi connectivity index (χ4n) is 2.41. The molecule has 1 N–H and O–H groups in total. The van der Waals surface area contributed by atoms with E-state index >= 15 is 0 Å². The highest BCUT2D eigenvalue weighted by Crippen LogP contribution is 2.41. The summed E-state index contributed by atoms with van der Waals surface area (Å²) in [5.41, 5.74) is -0.708. The summed E-state index contributed by atoms with van der Waals surface area (Å²) in [7, 11) is 1.43. The standard InChI is InChI=1S/C15H29NO4/c1-11(2)16-15(13-6-7-13,14(17)18-5)10-19-8-9-20-12(3)4/h11-13,16H,6-10H2,1-5H3. The zero-order chi connectivity index (χ0) is 15.2. The van der Waals surface area contributed by atoms with E-state index in [1.165, 1.54) is 7.11 Å². The zero-order valence-electron chi connectivity index (χ0n) is 13.4. The van der Waals surface area contributed by atoms with Gasteiger partial charge in [-0.3, -0.25) is 5.32 Å². The molecule has 118 valence electrons. The predicted octanol–water partition coefficient (Wildman–Crippen LogP) is 1.75. The summed E-state index contributed by atoms with van der Waals surface area (Å²) in [6.07, 6.45) is 2.28. The van der Waals surface area contributed by atoms with Crippen molar-refractivity contribution in [1.82, 2.24) is 5.32 Å². The van der Waals surface area contributed by atoms with Gasteiger partial charge in [-0.15, -0.1) is 0 Å². The van der Waals surface area contributed by atoms with Crippen molar-refractivity contribution in [3.05, 3.63) is 0 Å². The van der Waals surface area contributed by atoms with E-state index in [0.717, 1.165) is 12.8 Å². The van der Waals surface area contributed by atoms with E-state index in [2.05, 4.69) is 5.32 Å². The van der Waals surface area contributed by atoms with E-state index in [9.17, 15) is 4.79 Å². The van der Waals surface area contributed by atoms with Crippen molar-refractivity contribution in [3.8, 4) is 0 Å². The number of nitrogens with one attached hydrogen (secondary N) is 1. The van der Waals surface area contributed by atoms with Crippen LogP contribution in [0.15, 0.2) is 0 Å². The molecular formula is C15H29NO4. The third kappa shape index (κ3) is 5.04. The Labute approximate surface area is 122 Å². The number of hydrogen-bond acceptors (Lipinski definition) is 5. The largest absolute Gasteiger partial charge is 0.468 e. The first-order chi connectivity index (χ1) is 9.42. The molecule has 1 atom stereocenters. The Kier molecular flexibility index (Phi) is 6.92. The maximum atomic E-state index is 12.2. The smallest absolute Gasteiger partial charge is 0.328 e. The Morgan fingerprint density at radius 1 is 1.25 bits per heavy atom. The van der Waals surface area contributed by atoms with E-state index in [4.69, 9.17) is 14.2 Å². The van der Waals surface area contributed by atoms with Crippen molar-refractivity contribution in [2.24, 2.45) is 5.92 Å². The van der Waals surface area contributed by atoms with Crippen LogP contribution in [0.2, 0.25) is 0 Å². The van der Waals surface area contributed by atoms with E-state index in [1.807, 2.05) is 27.7 Å². The first kappa shape index (κ1) is 17.4. The number of methoxy groups -OCH3 is 1. The minimum absolute atomic E-state index is 0.196. The fraction of sp³-hybridized carbons (Fsp3) is 0.933. The lowest BCUT2D eigenvalue weighted by Crippen LogP contribution is -2.60. The lowest BCUT2D eigenvalue weighted by molar-refractivity contribution is -0.154. The SMILES string of the molecule is COC(=O)C(COCCOC(C)C)(NC(C)C)C1CC1. The Balaban J connectivity index is 2.55. The molecule has 0 bridgehead atoms. The molecule has 5 nitrogen and oxygen atoms in total. The molecular weight excluding hydrogens is 258 g/mol. The maximum Gasteiger partial charge on any atom is 0.328 e. The van der Waals surface area contributed by atoms with Crippen molar-refractivity contribution in [3.63, 3.8) is 0 Å². The van der Waals surface area contributed by atoms with Crippen molar-refractivity contribution >= 4 is 5.97 Å². The summed E-state index contributed by atoms with van der Waals surface area (Å²) in [5, 5.41) is 3.37. The quantitative estimate of drug-likeness (QED) is 0.490. The molecule has 1 fully saturated rings. The van der Waals surface area contributed by atoms with Crippen LogP contribution in [0.5, 0.6) is 0 Å². The van der Waals surface area contributed by atoms with Crippen molar-refractivity contribution in [2.75, 3.05) is 26.9 Å². The van der Waals surface area contributed by atoms with Crippen LogP contribution in [0.3, 0.4) is 0 Å².